The minimum absolute atomic E-state index is 0.260. The van der Waals surface area contributed by atoms with Crippen LogP contribution < -0.4 is 9.47 Å². The molecule has 0 saturated carbocycles. The summed E-state index contributed by atoms with van der Waals surface area (Å²) in [7, 11) is -0.180. The highest BCUT2D eigenvalue weighted by molar-refractivity contribution is 7.98. The van der Waals surface area contributed by atoms with E-state index in [9.17, 15) is 8.42 Å². The van der Waals surface area contributed by atoms with Gasteiger partial charge in [-0.1, -0.05) is 0 Å². The smallest absolute Gasteiger partial charge is 0.244 e. The number of ether oxygens (including phenoxy) is 2. The monoisotopic (exact) mass is 408 g/mol. The van der Waals surface area contributed by atoms with Gasteiger partial charge in [-0.25, -0.2) is 13.4 Å². The van der Waals surface area contributed by atoms with Crippen LogP contribution in [-0.4, -0.2) is 45.0 Å². The first kappa shape index (κ1) is 20.0. The molecule has 3 rings (SSSR count). The summed E-state index contributed by atoms with van der Waals surface area (Å²) in [5.74, 6) is 2.11. The molecule has 0 atom stereocenters. The van der Waals surface area contributed by atoms with E-state index in [4.69, 9.17) is 9.47 Å². The van der Waals surface area contributed by atoms with Gasteiger partial charge in [-0.2, -0.15) is 4.31 Å². The molecular formula is C19H24N2O4S2. The first-order chi connectivity index (χ1) is 13.0. The molecule has 0 N–H and O–H groups in total. The highest BCUT2D eigenvalue weighted by Crippen LogP contribution is 2.33. The van der Waals surface area contributed by atoms with Crippen molar-refractivity contribution in [3.63, 3.8) is 0 Å². The fourth-order valence-electron chi connectivity index (χ4n) is 3.01. The standard InChI is InChI=1S/C19H24N2O4S2/c1-14-10-17(24-2)18(25-3)11-15(14)13-26-19-7-6-16(12-20-19)27(22,23)21-8-4-5-9-21/h6-7,10-12H,4-5,8-9,13H2,1-3H3. The van der Waals surface area contributed by atoms with Crippen LogP contribution in [0.25, 0.3) is 0 Å². The minimum atomic E-state index is -3.41. The van der Waals surface area contributed by atoms with Crippen molar-refractivity contribution >= 4 is 21.8 Å². The van der Waals surface area contributed by atoms with Gasteiger partial charge in [0.1, 0.15) is 4.90 Å². The molecule has 1 aliphatic heterocycles. The van der Waals surface area contributed by atoms with Crippen LogP contribution in [0, 0.1) is 6.92 Å². The van der Waals surface area contributed by atoms with E-state index in [0.29, 0.717) is 30.3 Å². The van der Waals surface area contributed by atoms with E-state index in [2.05, 4.69) is 4.98 Å². The lowest BCUT2D eigenvalue weighted by Gasteiger charge is -2.15. The fraction of sp³-hybridized carbons (Fsp3) is 0.421. The van der Waals surface area contributed by atoms with Crippen molar-refractivity contribution < 1.29 is 17.9 Å². The number of sulfonamides is 1. The summed E-state index contributed by atoms with van der Waals surface area (Å²) in [4.78, 5) is 4.60. The molecule has 8 heteroatoms. The molecule has 2 heterocycles. The first-order valence-corrected chi connectivity index (χ1v) is 11.2. The molecule has 27 heavy (non-hydrogen) atoms. The number of hydrogen-bond donors (Lipinski definition) is 0. The number of nitrogens with zero attached hydrogens (tertiary/aromatic N) is 2. The molecule has 0 spiro atoms. The number of hydrogen-bond acceptors (Lipinski definition) is 6. The Bertz CT molecular complexity index is 893. The van der Waals surface area contributed by atoms with Crippen LogP contribution in [0.1, 0.15) is 24.0 Å². The molecule has 1 fully saturated rings. The maximum absolute atomic E-state index is 12.6. The molecule has 6 nitrogen and oxygen atoms in total. The van der Waals surface area contributed by atoms with E-state index in [-0.39, 0.29) is 4.90 Å². The lowest BCUT2D eigenvalue weighted by molar-refractivity contribution is 0.354. The molecule has 0 radical (unpaired) electrons. The SMILES string of the molecule is COc1cc(C)c(CSc2ccc(S(=O)(=O)N3CCCC3)cn2)cc1OC. The van der Waals surface area contributed by atoms with Crippen LogP contribution in [0.5, 0.6) is 11.5 Å². The molecular weight excluding hydrogens is 384 g/mol. The van der Waals surface area contributed by atoms with E-state index in [1.807, 2.05) is 19.1 Å². The second-order valence-corrected chi connectivity index (χ2v) is 9.30. The van der Waals surface area contributed by atoms with Crippen LogP contribution in [0.4, 0.5) is 0 Å². The predicted octanol–water partition coefficient (Wildman–Crippen LogP) is 3.48. The van der Waals surface area contributed by atoms with Gasteiger partial charge in [0.25, 0.3) is 0 Å². The van der Waals surface area contributed by atoms with Gasteiger partial charge in [-0.05, 0) is 55.2 Å². The molecule has 1 aromatic carbocycles. The van der Waals surface area contributed by atoms with Crippen molar-refractivity contribution in [1.29, 1.82) is 0 Å². The molecule has 0 aliphatic carbocycles. The van der Waals surface area contributed by atoms with E-state index < -0.39 is 10.0 Å². The summed E-state index contributed by atoms with van der Waals surface area (Å²) < 4.78 is 37.3. The lowest BCUT2D eigenvalue weighted by atomic mass is 10.1. The van der Waals surface area contributed by atoms with Gasteiger partial charge < -0.3 is 9.47 Å². The van der Waals surface area contributed by atoms with Crippen LogP contribution in [0.15, 0.2) is 40.4 Å². The molecule has 0 unspecified atom stereocenters. The highest BCUT2D eigenvalue weighted by Gasteiger charge is 2.27. The van der Waals surface area contributed by atoms with Gasteiger partial charge in [0.15, 0.2) is 11.5 Å². The van der Waals surface area contributed by atoms with Crippen molar-refractivity contribution in [1.82, 2.24) is 9.29 Å². The van der Waals surface area contributed by atoms with Crippen molar-refractivity contribution in [2.24, 2.45) is 0 Å². The normalized spacial score (nSPS) is 15.1. The predicted molar refractivity (Wildman–Crippen MR) is 106 cm³/mol. The Kier molecular flexibility index (Phi) is 6.29. The Labute approximate surface area is 164 Å². The number of pyridine rings is 1. The third-order valence-corrected chi connectivity index (χ3v) is 7.50. The van der Waals surface area contributed by atoms with Gasteiger partial charge in [0, 0.05) is 25.0 Å². The molecule has 1 aromatic heterocycles. The van der Waals surface area contributed by atoms with Gasteiger partial charge in [0.2, 0.25) is 10.0 Å². The first-order valence-electron chi connectivity index (χ1n) is 8.76. The summed E-state index contributed by atoms with van der Waals surface area (Å²) >= 11 is 1.56. The topological polar surface area (TPSA) is 68.7 Å². The van der Waals surface area contributed by atoms with Crippen LogP contribution >= 0.6 is 11.8 Å². The Morgan fingerprint density at radius 3 is 2.37 bits per heavy atom. The summed E-state index contributed by atoms with van der Waals surface area (Å²) in [6, 6.07) is 7.33. The average Bonchev–Trinajstić information content (AvgIpc) is 3.22. The van der Waals surface area contributed by atoms with E-state index in [0.717, 1.165) is 29.0 Å². The molecule has 146 valence electrons. The van der Waals surface area contributed by atoms with Crippen molar-refractivity contribution in [3.05, 3.63) is 41.6 Å². The lowest BCUT2D eigenvalue weighted by Crippen LogP contribution is -2.27. The molecule has 1 saturated heterocycles. The van der Waals surface area contributed by atoms with Gasteiger partial charge in [-0.3, -0.25) is 0 Å². The summed E-state index contributed by atoms with van der Waals surface area (Å²) in [6.07, 6.45) is 3.30. The number of aromatic nitrogens is 1. The second kappa shape index (κ2) is 8.50. The summed E-state index contributed by atoms with van der Waals surface area (Å²) in [5, 5.41) is 0.782. The Hall–Kier alpha value is -1.77. The zero-order valence-corrected chi connectivity index (χ0v) is 17.4. The number of aryl methyl sites for hydroxylation is 1. The van der Waals surface area contributed by atoms with Crippen LogP contribution in [-0.2, 0) is 15.8 Å². The quantitative estimate of drug-likeness (QED) is 0.654. The van der Waals surface area contributed by atoms with Gasteiger partial charge in [0.05, 0.1) is 19.2 Å². The maximum atomic E-state index is 12.6. The van der Waals surface area contributed by atoms with Crippen LogP contribution in [0.3, 0.4) is 0 Å². The van der Waals surface area contributed by atoms with Crippen molar-refractivity contribution in [2.45, 2.75) is 35.4 Å². The number of thioether (sulfide) groups is 1. The largest absolute Gasteiger partial charge is 0.493 e. The Balaban J connectivity index is 1.71. The van der Waals surface area contributed by atoms with Gasteiger partial charge in [-0.15, -0.1) is 11.8 Å². The molecule has 1 aliphatic rings. The zero-order valence-electron chi connectivity index (χ0n) is 15.8. The number of benzene rings is 1. The maximum Gasteiger partial charge on any atom is 0.244 e. The molecule has 0 bridgehead atoms. The fourth-order valence-corrected chi connectivity index (χ4v) is 5.38. The Morgan fingerprint density at radius 1 is 1.11 bits per heavy atom. The van der Waals surface area contributed by atoms with E-state index >= 15 is 0 Å². The summed E-state index contributed by atoms with van der Waals surface area (Å²) in [6.45, 7) is 3.21. The minimum Gasteiger partial charge on any atom is -0.493 e. The number of methoxy groups -OCH3 is 2. The van der Waals surface area contributed by atoms with Crippen molar-refractivity contribution in [3.8, 4) is 11.5 Å². The zero-order chi connectivity index (χ0) is 19.4. The van der Waals surface area contributed by atoms with Crippen LogP contribution in [0.2, 0.25) is 0 Å². The number of rotatable bonds is 7. The molecule has 2 aromatic rings. The van der Waals surface area contributed by atoms with E-state index in [1.165, 1.54) is 10.5 Å². The van der Waals surface area contributed by atoms with Gasteiger partial charge >= 0.3 is 0 Å². The summed E-state index contributed by atoms with van der Waals surface area (Å²) in [5.41, 5.74) is 2.22. The second-order valence-electron chi connectivity index (χ2n) is 6.37. The third-order valence-electron chi connectivity index (χ3n) is 4.63. The average molecular weight is 409 g/mol. The third kappa shape index (κ3) is 4.39. The van der Waals surface area contributed by atoms with Crippen molar-refractivity contribution in [2.75, 3.05) is 27.3 Å². The van der Waals surface area contributed by atoms with E-state index in [1.54, 1.807) is 38.1 Å². The molecule has 0 amide bonds. The Morgan fingerprint density at radius 2 is 1.78 bits per heavy atom. The highest BCUT2D eigenvalue weighted by atomic mass is 32.2.